The fraction of sp³-hybridized carbons (Fsp3) is 0.348. The number of carbonyl (C=O) groups excluding carboxylic acids is 3. The van der Waals surface area contributed by atoms with Gasteiger partial charge in [-0.15, -0.1) is 0 Å². The number of rotatable bonds is 4. The average molecular weight is 376 g/mol. The predicted molar refractivity (Wildman–Crippen MR) is 106 cm³/mol. The van der Waals surface area contributed by atoms with Crippen LogP contribution in [0.2, 0.25) is 0 Å². The number of hydrogen-bond acceptors (Lipinski definition) is 3. The summed E-state index contributed by atoms with van der Waals surface area (Å²) in [5.41, 5.74) is 2.00. The number of imide groups is 1. The first kappa shape index (κ1) is 18.4. The molecule has 1 aliphatic carbocycles. The molecular formula is C23H24N2O3. The Morgan fingerprint density at radius 1 is 0.964 bits per heavy atom. The lowest BCUT2D eigenvalue weighted by Crippen LogP contribution is -2.36. The van der Waals surface area contributed by atoms with E-state index in [4.69, 9.17) is 0 Å². The Balaban J connectivity index is 1.56. The van der Waals surface area contributed by atoms with E-state index in [9.17, 15) is 14.4 Å². The number of fused-ring (bicyclic) bond motifs is 1. The van der Waals surface area contributed by atoms with E-state index in [1.165, 1.54) is 11.3 Å². The molecule has 0 aromatic heterocycles. The third-order valence-corrected chi connectivity index (χ3v) is 5.79. The number of benzene rings is 2. The van der Waals surface area contributed by atoms with Gasteiger partial charge in [0.15, 0.2) is 0 Å². The third kappa shape index (κ3) is 3.33. The molecule has 2 aromatic carbocycles. The number of amides is 3. The largest absolute Gasteiger partial charge is 0.349 e. The Morgan fingerprint density at radius 3 is 2.36 bits per heavy atom. The first-order chi connectivity index (χ1) is 13.6. The van der Waals surface area contributed by atoms with Gasteiger partial charge in [0.1, 0.15) is 0 Å². The zero-order chi connectivity index (χ0) is 19.7. The molecule has 1 fully saturated rings. The minimum Gasteiger partial charge on any atom is -0.349 e. The minimum absolute atomic E-state index is 0.176. The Bertz CT molecular complexity index is 917. The van der Waals surface area contributed by atoms with Crippen molar-refractivity contribution in [3.8, 4) is 0 Å². The van der Waals surface area contributed by atoms with E-state index in [1.807, 2.05) is 37.3 Å². The van der Waals surface area contributed by atoms with Crippen molar-refractivity contribution in [1.29, 1.82) is 0 Å². The van der Waals surface area contributed by atoms with Crippen LogP contribution in [0.3, 0.4) is 0 Å². The summed E-state index contributed by atoms with van der Waals surface area (Å²) in [7, 11) is 0. The molecule has 0 saturated heterocycles. The Labute approximate surface area is 164 Å². The SMILES string of the molecule is C[C@H](c1ccccc1)N1C(=O)c2ccc(C(=O)NC3CCCCC3)cc2C1=O. The second-order valence-electron chi connectivity index (χ2n) is 7.64. The van der Waals surface area contributed by atoms with Gasteiger partial charge in [-0.2, -0.15) is 0 Å². The minimum atomic E-state index is -0.367. The first-order valence-electron chi connectivity index (χ1n) is 9.94. The fourth-order valence-electron chi connectivity index (χ4n) is 4.15. The van der Waals surface area contributed by atoms with Crippen LogP contribution in [-0.2, 0) is 0 Å². The lowest BCUT2D eigenvalue weighted by atomic mass is 9.95. The summed E-state index contributed by atoms with van der Waals surface area (Å²) in [5, 5.41) is 3.06. The molecular weight excluding hydrogens is 352 g/mol. The molecule has 0 radical (unpaired) electrons. The van der Waals surface area contributed by atoms with Crippen LogP contribution in [0.5, 0.6) is 0 Å². The Kier molecular flexibility index (Phi) is 4.99. The summed E-state index contributed by atoms with van der Waals surface area (Å²) in [6, 6.07) is 14.1. The molecule has 5 nitrogen and oxygen atoms in total. The highest BCUT2D eigenvalue weighted by molar-refractivity contribution is 6.22. The van der Waals surface area contributed by atoms with Crippen LogP contribution in [0.1, 0.15) is 81.7 Å². The maximum atomic E-state index is 13.0. The van der Waals surface area contributed by atoms with Crippen molar-refractivity contribution < 1.29 is 14.4 Å². The predicted octanol–water partition coefficient (Wildman–Crippen LogP) is 4.11. The zero-order valence-electron chi connectivity index (χ0n) is 16.0. The van der Waals surface area contributed by atoms with E-state index in [0.29, 0.717) is 16.7 Å². The molecule has 0 unspecified atom stereocenters. The van der Waals surface area contributed by atoms with Crippen LogP contribution >= 0.6 is 0 Å². The summed E-state index contributed by atoms with van der Waals surface area (Å²) in [5.74, 6) is -0.830. The summed E-state index contributed by atoms with van der Waals surface area (Å²) in [4.78, 5) is 39.7. The Hall–Kier alpha value is -2.95. The van der Waals surface area contributed by atoms with Gasteiger partial charge in [0, 0.05) is 11.6 Å². The van der Waals surface area contributed by atoms with Crippen molar-refractivity contribution >= 4 is 17.7 Å². The summed E-state index contributed by atoms with van der Waals surface area (Å²) < 4.78 is 0. The van der Waals surface area contributed by atoms with Crippen LogP contribution in [0, 0.1) is 0 Å². The smallest absolute Gasteiger partial charge is 0.262 e. The van der Waals surface area contributed by atoms with Gasteiger partial charge in [-0.25, -0.2) is 0 Å². The standard InChI is InChI=1S/C23H24N2O3/c1-15(16-8-4-2-5-9-16)25-22(27)19-13-12-17(14-20(19)23(25)28)21(26)24-18-10-6-3-7-11-18/h2,4-5,8-9,12-15,18H,3,6-7,10-11H2,1H3,(H,24,26)/t15-/m1/s1. The molecule has 5 heteroatoms. The highest BCUT2D eigenvalue weighted by Crippen LogP contribution is 2.31. The normalized spacial score (nSPS) is 18.1. The Morgan fingerprint density at radius 2 is 1.64 bits per heavy atom. The first-order valence-corrected chi connectivity index (χ1v) is 9.94. The van der Waals surface area contributed by atoms with Gasteiger partial charge in [0.25, 0.3) is 17.7 Å². The molecule has 4 rings (SSSR count). The fourth-order valence-corrected chi connectivity index (χ4v) is 4.15. The molecule has 2 aliphatic rings. The van der Waals surface area contributed by atoms with Crippen LogP contribution in [0.15, 0.2) is 48.5 Å². The third-order valence-electron chi connectivity index (χ3n) is 5.79. The lowest BCUT2D eigenvalue weighted by Gasteiger charge is -2.23. The quantitative estimate of drug-likeness (QED) is 0.817. The van der Waals surface area contributed by atoms with Gasteiger partial charge in [0.05, 0.1) is 17.2 Å². The van der Waals surface area contributed by atoms with Crippen LogP contribution in [-0.4, -0.2) is 28.7 Å². The van der Waals surface area contributed by atoms with Crippen molar-refractivity contribution in [2.24, 2.45) is 0 Å². The lowest BCUT2D eigenvalue weighted by molar-refractivity contribution is 0.0595. The van der Waals surface area contributed by atoms with Crippen LogP contribution in [0.4, 0.5) is 0 Å². The monoisotopic (exact) mass is 376 g/mol. The number of hydrogen-bond donors (Lipinski definition) is 1. The van der Waals surface area contributed by atoms with E-state index >= 15 is 0 Å². The van der Waals surface area contributed by atoms with Gasteiger partial charge in [0.2, 0.25) is 0 Å². The number of carbonyl (C=O) groups is 3. The van der Waals surface area contributed by atoms with Gasteiger partial charge in [-0.1, -0.05) is 49.6 Å². The summed E-state index contributed by atoms with van der Waals surface area (Å²) in [6.07, 6.45) is 5.48. The van der Waals surface area contributed by atoms with E-state index < -0.39 is 0 Å². The molecule has 2 aromatic rings. The topological polar surface area (TPSA) is 66.5 Å². The van der Waals surface area contributed by atoms with Gasteiger partial charge in [-0.3, -0.25) is 19.3 Å². The second-order valence-corrected chi connectivity index (χ2v) is 7.64. The number of nitrogens with zero attached hydrogens (tertiary/aromatic N) is 1. The van der Waals surface area contributed by atoms with E-state index in [-0.39, 0.29) is 29.8 Å². The van der Waals surface area contributed by atoms with Crippen molar-refractivity contribution in [3.05, 3.63) is 70.8 Å². The zero-order valence-corrected chi connectivity index (χ0v) is 16.0. The molecule has 0 bridgehead atoms. The summed E-state index contributed by atoms with van der Waals surface area (Å²) >= 11 is 0. The molecule has 1 heterocycles. The second kappa shape index (κ2) is 7.58. The van der Waals surface area contributed by atoms with Gasteiger partial charge < -0.3 is 5.32 Å². The molecule has 0 spiro atoms. The van der Waals surface area contributed by atoms with Gasteiger partial charge in [-0.05, 0) is 43.5 Å². The van der Waals surface area contributed by atoms with Crippen molar-refractivity contribution in [2.75, 3.05) is 0 Å². The molecule has 28 heavy (non-hydrogen) atoms. The molecule has 3 amide bonds. The van der Waals surface area contributed by atoms with Crippen LogP contribution in [0.25, 0.3) is 0 Å². The maximum absolute atomic E-state index is 13.0. The molecule has 1 atom stereocenters. The average Bonchev–Trinajstić information content (AvgIpc) is 2.98. The van der Waals surface area contributed by atoms with Gasteiger partial charge >= 0.3 is 0 Å². The molecule has 144 valence electrons. The van der Waals surface area contributed by atoms with Crippen LogP contribution < -0.4 is 5.32 Å². The molecule has 1 N–H and O–H groups in total. The molecule has 1 aliphatic heterocycles. The van der Waals surface area contributed by atoms with E-state index in [2.05, 4.69) is 5.32 Å². The molecule has 1 saturated carbocycles. The summed E-state index contributed by atoms with van der Waals surface area (Å²) in [6.45, 7) is 1.84. The van der Waals surface area contributed by atoms with E-state index in [0.717, 1.165) is 31.2 Å². The highest BCUT2D eigenvalue weighted by atomic mass is 16.2. The highest BCUT2D eigenvalue weighted by Gasteiger charge is 2.39. The number of nitrogens with one attached hydrogen (secondary N) is 1. The maximum Gasteiger partial charge on any atom is 0.262 e. The van der Waals surface area contributed by atoms with Crippen molar-refractivity contribution in [3.63, 3.8) is 0 Å². The van der Waals surface area contributed by atoms with Crippen molar-refractivity contribution in [1.82, 2.24) is 10.2 Å². The van der Waals surface area contributed by atoms with Crippen molar-refractivity contribution in [2.45, 2.75) is 51.1 Å². The van der Waals surface area contributed by atoms with E-state index in [1.54, 1.807) is 18.2 Å².